The van der Waals surface area contributed by atoms with Crippen LogP contribution in [0.4, 0.5) is 22.7 Å². The molecular formula is C12H9Cl2N3O2. The molecule has 0 saturated carbocycles. The minimum atomic E-state index is -0.505. The second-order valence-electron chi connectivity index (χ2n) is 3.78. The van der Waals surface area contributed by atoms with E-state index < -0.39 is 4.92 Å². The molecule has 0 aliphatic carbocycles. The van der Waals surface area contributed by atoms with E-state index in [0.717, 1.165) is 0 Å². The Morgan fingerprint density at radius 3 is 2.37 bits per heavy atom. The third-order valence-corrected chi connectivity index (χ3v) is 2.99. The lowest BCUT2D eigenvalue weighted by molar-refractivity contribution is -0.384. The van der Waals surface area contributed by atoms with E-state index in [9.17, 15) is 10.1 Å². The second-order valence-corrected chi connectivity index (χ2v) is 4.62. The topological polar surface area (TPSA) is 81.2 Å². The lowest BCUT2D eigenvalue weighted by Gasteiger charge is -2.10. The molecule has 0 heterocycles. The third-order valence-electron chi connectivity index (χ3n) is 2.45. The van der Waals surface area contributed by atoms with Crippen LogP contribution in [0, 0.1) is 10.1 Å². The van der Waals surface area contributed by atoms with Crippen molar-refractivity contribution in [2.24, 2.45) is 0 Å². The molecule has 0 radical (unpaired) electrons. The van der Waals surface area contributed by atoms with Crippen molar-refractivity contribution in [1.29, 1.82) is 0 Å². The first-order chi connectivity index (χ1) is 8.97. The lowest BCUT2D eigenvalue weighted by Crippen LogP contribution is -1.98. The number of nitro groups is 1. The molecule has 0 aliphatic rings. The van der Waals surface area contributed by atoms with Crippen LogP contribution in [-0.4, -0.2) is 4.92 Å². The van der Waals surface area contributed by atoms with Gasteiger partial charge in [0.1, 0.15) is 0 Å². The van der Waals surface area contributed by atoms with Crippen LogP contribution in [0.5, 0.6) is 0 Å². The molecule has 5 nitrogen and oxygen atoms in total. The van der Waals surface area contributed by atoms with Gasteiger partial charge in [0.15, 0.2) is 0 Å². The van der Waals surface area contributed by atoms with Gasteiger partial charge in [0.2, 0.25) is 0 Å². The molecule has 0 unspecified atom stereocenters. The fourth-order valence-electron chi connectivity index (χ4n) is 1.51. The van der Waals surface area contributed by atoms with Gasteiger partial charge in [-0.05, 0) is 24.3 Å². The van der Waals surface area contributed by atoms with Gasteiger partial charge < -0.3 is 11.1 Å². The summed E-state index contributed by atoms with van der Waals surface area (Å²) in [5.41, 5.74) is 7.10. The standard InChI is InChI=1S/C12H9Cl2N3O2/c13-7-1-3-11(9(14)5-7)16-12-4-2-8(17(18)19)6-10(12)15/h1-6,16H,15H2. The van der Waals surface area contributed by atoms with Crippen LogP contribution in [0.2, 0.25) is 10.0 Å². The number of benzene rings is 2. The van der Waals surface area contributed by atoms with Crippen molar-refractivity contribution in [2.45, 2.75) is 0 Å². The van der Waals surface area contributed by atoms with Gasteiger partial charge in [-0.3, -0.25) is 10.1 Å². The van der Waals surface area contributed by atoms with Crippen molar-refractivity contribution in [1.82, 2.24) is 0 Å². The van der Waals surface area contributed by atoms with Crippen molar-refractivity contribution < 1.29 is 4.92 Å². The summed E-state index contributed by atoms with van der Waals surface area (Å²) in [6, 6.07) is 9.14. The summed E-state index contributed by atoms with van der Waals surface area (Å²) in [5, 5.41) is 14.6. The highest BCUT2D eigenvalue weighted by molar-refractivity contribution is 6.36. The molecule has 0 aliphatic heterocycles. The van der Waals surface area contributed by atoms with Gasteiger partial charge in [-0.1, -0.05) is 23.2 Å². The number of halogens is 2. The number of non-ortho nitro benzene ring substituents is 1. The Hall–Kier alpha value is -1.98. The van der Waals surface area contributed by atoms with E-state index in [0.29, 0.717) is 21.4 Å². The largest absolute Gasteiger partial charge is 0.397 e. The molecule has 98 valence electrons. The van der Waals surface area contributed by atoms with Gasteiger partial charge >= 0.3 is 0 Å². The molecule has 19 heavy (non-hydrogen) atoms. The summed E-state index contributed by atoms with van der Waals surface area (Å²) in [6.45, 7) is 0. The summed E-state index contributed by atoms with van der Waals surface area (Å²) in [6.07, 6.45) is 0. The maximum atomic E-state index is 10.6. The van der Waals surface area contributed by atoms with E-state index in [1.54, 1.807) is 18.2 Å². The van der Waals surface area contributed by atoms with Gasteiger partial charge in [-0.25, -0.2) is 0 Å². The van der Waals surface area contributed by atoms with Crippen molar-refractivity contribution in [2.75, 3.05) is 11.1 Å². The molecule has 2 rings (SSSR count). The maximum absolute atomic E-state index is 10.6. The Balaban J connectivity index is 2.31. The number of anilines is 3. The number of nitrogens with one attached hydrogen (secondary N) is 1. The first-order valence-corrected chi connectivity index (χ1v) is 5.99. The smallest absolute Gasteiger partial charge is 0.271 e. The molecule has 3 N–H and O–H groups in total. The predicted molar refractivity (Wildman–Crippen MR) is 77.3 cm³/mol. The van der Waals surface area contributed by atoms with Crippen molar-refractivity contribution in [3.05, 3.63) is 56.6 Å². The molecule has 7 heteroatoms. The fraction of sp³-hybridized carbons (Fsp3) is 0. The minimum Gasteiger partial charge on any atom is -0.397 e. The van der Waals surface area contributed by atoms with E-state index in [-0.39, 0.29) is 11.4 Å². The first kappa shape index (κ1) is 13.5. The second kappa shape index (κ2) is 5.34. The molecule has 0 atom stereocenters. The van der Waals surface area contributed by atoms with Crippen LogP contribution >= 0.6 is 23.2 Å². The number of rotatable bonds is 3. The van der Waals surface area contributed by atoms with Gasteiger partial charge in [-0.15, -0.1) is 0 Å². The Labute approximate surface area is 119 Å². The SMILES string of the molecule is Nc1cc([N+](=O)[O-])ccc1Nc1ccc(Cl)cc1Cl. The Kier molecular flexibility index (Phi) is 3.78. The monoisotopic (exact) mass is 297 g/mol. The summed E-state index contributed by atoms with van der Waals surface area (Å²) >= 11 is 11.8. The van der Waals surface area contributed by atoms with Crippen molar-refractivity contribution in [3.8, 4) is 0 Å². The number of nitrogen functional groups attached to an aromatic ring is 1. The van der Waals surface area contributed by atoms with Gasteiger partial charge in [0, 0.05) is 17.2 Å². The predicted octanol–water partition coefficient (Wildman–Crippen LogP) is 4.23. The zero-order valence-electron chi connectivity index (χ0n) is 9.56. The van der Waals surface area contributed by atoms with Gasteiger partial charge in [0.05, 0.1) is 27.0 Å². The summed E-state index contributed by atoms with van der Waals surface area (Å²) in [5.74, 6) is 0. The fourth-order valence-corrected chi connectivity index (χ4v) is 1.97. The molecular weight excluding hydrogens is 289 g/mol. The number of hydrogen-bond acceptors (Lipinski definition) is 4. The van der Waals surface area contributed by atoms with Crippen molar-refractivity contribution in [3.63, 3.8) is 0 Å². The highest BCUT2D eigenvalue weighted by atomic mass is 35.5. The summed E-state index contributed by atoms with van der Waals surface area (Å²) in [7, 11) is 0. The average Bonchev–Trinajstić information content (AvgIpc) is 2.34. The minimum absolute atomic E-state index is 0.0646. The highest BCUT2D eigenvalue weighted by Gasteiger charge is 2.10. The first-order valence-electron chi connectivity index (χ1n) is 5.23. The van der Waals surface area contributed by atoms with Crippen LogP contribution in [0.3, 0.4) is 0 Å². The molecule has 0 aromatic heterocycles. The van der Waals surface area contributed by atoms with Crippen LogP contribution in [0.1, 0.15) is 0 Å². The van der Waals surface area contributed by atoms with E-state index in [1.807, 2.05) is 0 Å². The van der Waals surface area contributed by atoms with Crippen LogP contribution in [0.25, 0.3) is 0 Å². The quantitative estimate of drug-likeness (QED) is 0.505. The zero-order valence-corrected chi connectivity index (χ0v) is 11.1. The van der Waals surface area contributed by atoms with E-state index in [2.05, 4.69) is 5.32 Å². The van der Waals surface area contributed by atoms with Crippen LogP contribution in [0.15, 0.2) is 36.4 Å². The molecule has 0 fully saturated rings. The Morgan fingerprint density at radius 1 is 1.11 bits per heavy atom. The number of nitrogens with two attached hydrogens (primary N) is 1. The van der Waals surface area contributed by atoms with Gasteiger partial charge in [-0.2, -0.15) is 0 Å². The molecule has 0 amide bonds. The van der Waals surface area contributed by atoms with Crippen molar-refractivity contribution >= 4 is 46.0 Å². The third kappa shape index (κ3) is 3.07. The summed E-state index contributed by atoms with van der Waals surface area (Å²) < 4.78 is 0. The number of nitro benzene ring substituents is 1. The zero-order chi connectivity index (χ0) is 14.0. The molecule has 0 saturated heterocycles. The Bertz CT molecular complexity index is 647. The highest BCUT2D eigenvalue weighted by Crippen LogP contribution is 2.31. The van der Waals surface area contributed by atoms with E-state index in [4.69, 9.17) is 28.9 Å². The van der Waals surface area contributed by atoms with Crippen LogP contribution in [-0.2, 0) is 0 Å². The lowest BCUT2D eigenvalue weighted by atomic mass is 10.2. The maximum Gasteiger partial charge on any atom is 0.271 e. The molecule has 2 aromatic carbocycles. The van der Waals surface area contributed by atoms with Gasteiger partial charge in [0.25, 0.3) is 5.69 Å². The molecule has 0 bridgehead atoms. The Morgan fingerprint density at radius 2 is 1.79 bits per heavy atom. The van der Waals surface area contributed by atoms with Crippen LogP contribution < -0.4 is 11.1 Å². The number of nitrogens with zero attached hydrogens (tertiary/aromatic N) is 1. The van der Waals surface area contributed by atoms with E-state index >= 15 is 0 Å². The number of hydrogen-bond donors (Lipinski definition) is 2. The molecule has 0 spiro atoms. The normalized spacial score (nSPS) is 10.2. The summed E-state index contributed by atoms with van der Waals surface area (Å²) in [4.78, 5) is 10.1. The van der Waals surface area contributed by atoms with E-state index in [1.165, 1.54) is 18.2 Å². The average molecular weight is 298 g/mol. The molecule has 2 aromatic rings.